The molecule has 0 fully saturated rings. The van der Waals surface area contributed by atoms with Crippen LogP contribution in [0.5, 0.6) is 0 Å². The third-order valence-corrected chi connectivity index (χ3v) is 5.14. The summed E-state index contributed by atoms with van der Waals surface area (Å²) in [6, 6.07) is 6.93. The van der Waals surface area contributed by atoms with E-state index in [1.807, 2.05) is 23.6 Å². The first-order chi connectivity index (χ1) is 12.6. The summed E-state index contributed by atoms with van der Waals surface area (Å²) in [5, 5.41) is 4.38. The highest BCUT2D eigenvalue weighted by Crippen LogP contribution is 2.39. The van der Waals surface area contributed by atoms with Gasteiger partial charge in [0.1, 0.15) is 0 Å². The summed E-state index contributed by atoms with van der Waals surface area (Å²) in [7, 11) is 1.77. The van der Waals surface area contributed by atoms with E-state index in [4.69, 9.17) is 0 Å². The van der Waals surface area contributed by atoms with E-state index in [0.29, 0.717) is 6.54 Å². The van der Waals surface area contributed by atoms with Crippen molar-refractivity contribution in [3.05, 3.63) is 53.1 Å². The van der Waals surface area contributed by atoms with E-state index in [2.05, 4.69) is 15.3 Å². The summed E-state index contributed by atoms with van der Waals surface area (Å²) in [5.74, 6) is -0.511. The molecule has 0 saturated carbocycles. The molecule has 1 aliphatic heterocycles. The predicted octanol–water partition coefficient (Wildman–Crippen LogP) is 3.08. The van der Waals surface area contributed by atoms with Gasteiger partial charge in [-0.05, 0) is 25.1 Å². The number of pyridine rings is 2. The van der Waals surface area contributed by atoms with Crippen LogP contribution in [0.15, 0.2) is 41.5 Å². The van der Waals surface area contributed by atoms with Gasteiger partial charge in [0.15, 0.2) is 0 Å². The third-order valence-electron chi connectivity index (χ3n) is 5.14. The molecule has 0 spiro atoms. The number of nitrogens with one attached hydrogen (secondary N) is 1. The van der Waals surface area contributed by atoms with Gasteiger partial charge in [0.25, 0.3) is 0 Å². The van der Waals surface area contributed by atoms with Gasteiger partial charge in [0.2, 0.25) is 5.95 Å². The Labute approximate surface area is 147 Å². The van der Waals surface area contributed by atoms with Crippen LogP contribution >= 0.6 is 0 Å². The quantitative estimate of drug-likeness (QED) is 0.537. The summed E-state index contributed by atoms with van der Waals surface area (Å²) >= 11 is 0. The molecule has 0 amide bonds. The Morgan fingerprint density at radius 2 is 2.04 bits per heavy atom. The topological polar surface area (TPSA) is 64.7 Å². The van der Waals surface area contributed by atoms with Crippen molar-refractivity contribution in [1.29, 1.82) is 0 Å². The van der Waals surface area contributed by atoms with Crippen LogP contribution in [0.3, 0.4) is 0 Å². The van der Waals surface area contributed by atoms with E-state index in [9.17, 15) is 9.18 Å². The smallest absolute Gasteiger partial charge is 0.329 e. The normalized spacial score (nSPS) is 16.2. The van der Waals surface area contributed by atoms with Gasteiger partial charge in [0, 0.05) is 30.9 Å². The standard InChI is InChI=1S/C19H16FN5O/c1-10-7-23-17-12(11-3-6-15(20)22-8-11)4-5-13-16(17)18-14(9-21-13)24(2)19(26)25(10)18/h3-6,8-10,23H,7H2,1-2H3/t10-/m0/s1. The summed E-state index contributed by atoms with van der Waals surface area (Å²) in [6.07, 6.45) is 3.27. The Hall–Kier alpha value is -3.22. The molecule has 26 heavy (non-hydrogen) atoms. The Morgan fingerprint density at radius 3 is 2.81 bits per heavy atom. The second-order valence-electron chi connectivity index (χ2n) is 6.69. The van der Waals surface area contributed by atoms with Gasteiger partial charge < -0.3 is 5.32 Å². The minimum absolute atomic E-state index is 0.0107. The molecule has 0 bridgehead atoms. The highest BCUT2D eigenvalue weighted by Gasteiger charge is 2.25. The number of halogens is 1. The van der Waals surface area contributed by atoms with Crippen molar-refractivity contribution in [2.75, 3.05) is 11.9 Å². The minimum atomic E-state index is -0.511. The van der Waals surface area contributed by atoms with Gasteiger partial charge in [-0.25, -0.2) is 9.78 Å². The Kier molecular flexibility index (Phi) is 2.98. The van der Waals surface area contributed by atoms with Crippen molar-refractivity contribution in [3.8, 4) is 11.1 Å². The molecule has 0 radical (unpaired) electrons. The Morgan fingerprint density at radius 1 is 1.19 bits per heavy atom. The molecule has 4 aromatic rings. The monoisotopic (exact) mass is 349 g/mol. The summed E-state index contributed by atoms with van der Waals surface area (Å²) in [6.45, 7) is 2.62. The maximum Gasteiger partial charge on any atom is 0.329 e. The molecular formula is C19H16FN5O. The van der Waals surface area contributed by atoms with Crippen molar-refractivity contribution >= 4 is 27.6 Å². The van der Waals surface area contributed by atoms with Gasteiger partial charge in [-0.1, -0.05) is 6.07 Å². The zero-order valence-corrected chi connectivity index (χ0v) is 14.3. The first kappa shape index (κ1) is 15.1. The van der Waals surface area contributed by atoms with E-state index in [1.54, 1.807) is 23.9 Å². The molecule has 6 nitrogen and oxygen atoms in total. The molecule has 1 atom stereocenters. The zero-order valence-electron chi connectivity index (χ0n) is 14.3. The van der Waals surface area contributed by atoms with E-state index in [1.165, 1.54) is 12.3 Å². The summed E-state index contributed by atoms with van der Waals surface area (Å²) < 4.78 is 16.7. The van der Waals surface area contributed by atoms with E-state index in [-0.39, 0.29) is 11.7 Å². The Balaban J connectivity index is 1.96. The number of benzene rings is 1. The molecule has 7 heteroatoms. The highest BCUT2D eigenvalue weighted by molar-refractivity contribution is 6.13. The van der Waals surface area contributed by atoms with Crippen molar-refractivity contribution < 1.29 is 4.39 Å². The van der Waals surface area contributed by atoms with Gasteiger partial charge in [-0.15, -0.1) is 0 Å². The lowest BCUT2D eigenvalue weighted by Gasteiger charge is -2.15. The van der Waals surface area contributed by atoms with Crippen LogP contribution in [-0.4, -0.2) is 25.6 Å². The van der Waals surface area contributed by atoms with Crippen molar-refractivity contribution in [3.63, 3.8) is 0 Å². The number of hydrogen-bond donors (Lipinski definition) is 1. The molecular weight excluding hydrogens is 333 g/mol. The third kappa shape index (κ3) is 1.88. The van der Waals surface area contributed by atoms with Crippen LogP contribution in [0.4, 0.5) is 10.1 Å². The zero-order chi connectivity index (χ0) is 18.0. The molecule has 1 aromatic carbocycles. The predicted molar refractivity (Wildman–Crippen MR) is 98.9 cm³/mol. The van der Waals surface area contributed by atoms with Crippen LogP contribution in [0.25, 0.3) is 33.1 Å². The largest absolute Gasteiger partial charge is 0.382 e. The fraction of sp³-hybridized carbons (Fsp3) is 0.211. The fourth-order valence-corrected chi connectivity index (χ4v) is 3.82. The van der Waals surface area contributed by atoms with Crippen LogP contribution in [0, 0.1) is 5.95 Å². The van der Waals surface area contributed by atoms with Gasteiger partial charge in [-0.3, -0.25) is 14.1 Å². The lowest BCUT2D eigenvalue weighted by atomic mass is 10.0. The minimum Gasteiger partial charge on any atom is -0.382 e. The molecule has 0 saturated heterocycles. The maximum atomic E-state index is 13.2. The molecule has 0 unspecified atom stereocenters. The number of aryl methyl sites for hydroxylation is 1. The number of hydrogen-bond acceptors (Lipinski definition) is 4. The number of aromatic nitrogens is 4. The first-order valence-electron chi connectivity index (χ1n) is 8.44. The lowest BCUT2D eigenvalue weighted by Crippen LogP contribution is -2.27. The lowest BCUT2D eigenvalue weighted by molar-refractivity contribution is 0.563. The number of rotatable bonds is 1. The van der Waals surface area contributed by atoms with Crippen LogP contribution in [0.1, 0.15) is 13.0 Å². The average molecular weight is 349 g/mol. The second kappa shape index (κ2) is 5.14. The van der Waals surface area contributed by atoms with Crippen LogP contribution < -0.4 is 11.0 Å². The maximum absolute atomic E-state index is 13.2. The fourth-order valence-electron chi connectivity index (χ4n) is 3.82. The van der Waals surface area contributed by atoms with Crippen molar-refractivity contribution in [1.82, 2.24) is 19.1 Å². The molecule has 0 aliphatic carbocycles. The molecule has 3 aromatic heterocycles. The molecule has 1 N–H and O–H groups in total. The molecule has 4 heterocycles. The highest BCUT2D eigenvalue weighted by atomic mass is 19.1. The van der Waals surface area contributed by atoms with Gasteiger partial charge in [-0.2, -0.15) is 4.39 Å². The van der Waals surface area contributed by atoms with E-state index >= 15 is 0 Å². The number of imidazole rings is 1. The SMILES string of the molecule is C[C@H]1CNc2c(-c3ccc(F)nc3)ccc3ncc4c(c23)n1c(=O)n4C. The van der Waals surface area contributed by atoms with Crippen LogP contribution in [0.2, 0.25) is 0 Å². The van der Waals surface area contributed by atoms with Gasteiger partial charge in [0.05, 0.1) is 39.9 Å². The molecule has 1 aliphatic rings. The number of anilines is 1. The summed E-state index contributed by atoms with van der Waals surface area (Å²) in [5.41, 5.74) is 5.07. The first-order valence-corrected chi connectivity index (χ1v) is 8.44. The van der Waals surface area contributed by atoms with Crippen LogP contribution in [-0.2, 0) is 7.05 Å². The molecule has 5 rings (SSSR count). The van der Waals surface area contributed by atoms with Gasteiger partial charge >= 0.3 is 5.69 Å². The van der Waals surface area contributed by atoms with Crippen molar-refractivity contribution in [2.24, 2.45) is 7.05 Å². The number of nitrogens with zero attached hydrogens (tertiary/aromatic N) is 4. The average Bonchev–Trinajstić information content (AvgIpc) is 2.80. The second-order valence-corrected chi connectivity index (χ2v) is 6.69. The van der Waals surface area contributed by atoms with E-state index in [0.717, 1.165) is 38.8 Å². The summed E-state index contributed by atoms with van der Waals surface area (Å²) in [4.78, 5) is 21.1. The Bertz CT molecular complexity index is 1240. The molecule has 130 valence electrons. The van der Waals surface area contributed by atoms with E-state index < -0.39 is 5.95 Å². The van der Waals surface area contributed by atoms with Crippen molar-refractivity contribution in [2.45, 2.75) is 13.0 Å².